The molecule has 9 nitrogen and oxygen atoms in total. The van der Waals surface area contributed by atoms with Crippen molar-refractivity contribution >= 4 is 22.6 Å². The summed E-state index contributed by atoms with van der Waals surface area (Å²) in [7, 11) is 0. The van der Waals surface area contributed by atoms with Gasteiger partial charge in [0.25, 0.3) is 11.8 Å². The molecule has 3 rings (SSSR count). The normalized spacial score (nSPS) is 13.1. The summed E-state index contributed by atoms with van der Waals surface area (Å²) in [5.74, 6) is 0.286. The van der Waals surface area contributed by atoms with E-state index >= 15 is 0 Å². The first kappa shape index (κ1) is 24.9. The molecule has 180 valence electrons. The molecule has 0 saturated heterocycles. The number of carbonyl (C=O) groups is 2. The van der Waals surface area contributed by atoms with Gasteiger partial charge in [0.1, 0.15) is 24.7 Å². The Morgan fingerprint density at radius 3 is 1.70 bits per heavy atom. The van der Waals surface area contributed by atoms with Crippen molar-refractivity contribution in [2.24, 2.45) is 0 Å². The molecule has 0 aliphatic carbocycles. The van der Waals surface area contributed by atoms with E-state index in [0.29, 0.717) is 39.9 Å². The zero-order chi connectivity index (χ0) is 23.6. The van der Waals surface area contributed by atoms with Gasteiger partial charge >= 0.3 is 0 Å². The van der Waals surface area contributed by atoms with Gasteiger partial charge in [0.15, 0.2) is 0 Å². The molecule has 2 aromatic carbocycles. The van der Waals surface area contributed by atoms with Crippen molar-refractivity contribution in [2.75, 3.05) is 59.4 Å². The lowest BCUT2D eigenvalue weighted by atomic mass is 9.92. The number of imide groups is 1. The number of rotatable bonds is 15. The summed E-state index contributed by atoms with van der Waals surface area (Å²) in [6.45, 7) is 3.66. The number of unbranched alkanes of at least 4 members (excludes halogenated alkanes) is 1. The van der Waals surface area contributed by atoms with E-state index in [1.165, 1.54) is 4.90 Å². The fourth-order valence-corrected chi connectivity index (χ4v) is 3.69. The molecule has 0 saturated carbocycles. The zero-order valence-electron chi connectivity index (χ0n) is 18.9. The second-order valence-corrected chi connectivity index (χ2v) is 7.46. The van der Waals surface area contributed by atoms with Gasteiger partial charge in [-0.3, -0.25) is 14.5 Å². The molecule has 9 heteroatoms. The molecule has 1 aliphatic heterocycles. The van der Waals surface area contributed by atoms with Crippen molar-refractivity contribution in [3.8, 4) is 11.5 Å². The van der Waals surface area contributed by atoms with Crippen LogP contribution in [0.4, 0.5) is 0 Å². The summed E-state index contributed by atoms with van der Waals surface area (Å²) in [6, 6.07) is 6.76. The van der Waals surface area contributed by atoms with Crippen LogP contribution in [0.2, 0.25) is 0 Å². The summed E-state index contributed by atoms with van der Waals surface area (Å²) < 4.78 is 22.3. The van der Waals surface area contributed by atoms with Crippen molar-refractivity contribution in [2.45, 2.75) is 19.8 Å². The number of benzene rings is 2. The first-order chi connectivity index (χ1) is 16.1. The van der Waals surface area contributed by atoms with Crippen LogP contribution in [-0.2, 0) is 9.47 Å². The summed E-state index contributed by atoms with van der Waals surface area (Å²) in [5, 5.41) is 18.7. The summed E-state index contributed by atoms with van der Waals surface area (Å²) >= 11 is 0. The van der Waals surface area contributed by atoms with Crippen LogP contribution in [0.3, 0.4) is 0 Å². The van der Waals surface area contributed by atoms with Gasteiger partial charge in [-0.1, -0.05) is 13.3 Å². The monoisotopic (exact) mass is 461 g/mol. The van der Waals surface area contributed by atoms with Crippen LogP contribution in [0.15, 0.2) is 24.3 Å². The SMILES string of the molecule is CCCCN1C(=O)c2ccc(OCCOCCO)c3c(OCCOCCO)ccc(c23)C1=O. The van der Waals surface area contributed by atoms with Gasteiger partial charge in [-0.15, -0.1) is 0 Å². The molecule has 0 spiro atoms. The average Bonchev–Trinajstić information content (AvgIpc) is 2.82. The highest BCUT2D eigenvalue weighted by molar-refractivity contribution is 6.26. The molecule has 2 amide bonds. The third-order valence-corrected chi connectivity index (χ3v) is 5.21. The van der Waals surface area contributed by atoms with Crippen molar-refractivity contribution < 1.29 is 38.7 Å². The minimum atomic E-state index is -0.327. The Bertz CT molecular complexity index is 892. The standard InChI is InChI=1S/C24H31NO8/c1-2-3-8-25-23(28)17-4-6-19(32-15-13-30-11-9-26)22-20(33-16-14-31-12-10-27)7-5-18(21(17)22)24(25)29/h4-7,26-27H,2-3,8-16H2,1H3. The van der Waals surface area contributed by atoms with Gasteiger partial charge in [0.05, 0.1) is 45.0 Å². The highest BCUT2D eigenvalue weighted by atomic mass is 16.5. The largest absolute Gasteiger partial charge is 0.490 e. The molecule has 0 fully saturated rings. The molecule has 33 heavy (non-hydrogen) atoms. The second kappa shape index (κ2) is 12.5. The summed E-state index contributed by atoms with van der Waals surface area (Å²) in [6.07, 6.45) is 1.61. The lowest BCUT2D eigenvalue weighted by Crippen LogP contribution is -2.40. The fourth-order valence-electron chi connectivity index (χ4n) is 3.69. The second-order valence-electron chi connectivity index (χ2n) is 7.46. The van der Waals surface area contributed by atoms with E-state index in [-0.39, 0.29) is 64.7 Å². The average molecular weight is 462 g/mol. The van der Waals surface area contributed by atoms with E-state index in [1.807, 2.05) is 6.92 Å². The lowest BCUT2D eigenvalue weighted by Gasteiger charge is -2.28. The predicted molar refractivity (Wildman–Crippen MR) is 121 cm³/mol. The van der Waals surface area contributed by atoms with Crippen molar-refractivity contribution in [3.05, 3.63) is 35.4 Å². The smallest absolute Gasteiger partial charge is 0.261 e. The predicted octanol–water partition coefficient (Wildman–Crippen LogP) is 2.01. The Morgan fingerprint density at radius 2 is 1.24 bits per heavy atom. The zero-order valence-corrected chi connectivity index (χ0v) is 18.9. The van der Waals surface area contributed by atoms with Gasteiger partial charge in [-0.25, -0.2) is 0 Å². The van der Waals surface area contributed by atoms with Gasteiger partial charge in [0, 0.05) is 23.1 Å². The van der Waals surface area contributed by atoms with Crippen LogP contribution >= 0.6 is 0 Å². The van der Waals surface area contributed by atoms with Gasteiger partial charge in [-0.2, -0.15) is 0 Å². The van der Waals surface area contributed by atoms with Crippen LogP contribution in [0, 0.1) is 0 Å². The minimum Gasteiger partial charge on any atom is -0.490 e. The van der Waals surface area contributed by atoms with Gasteiger partial charge in [-0.05, 0) is 30.7 Å². The summed E-state index contributed by atoms with van der Waals surface area (Å²) in [4.78, 5) is 27.6. The van der Waals surface area contributed by atoms with Crippen LogP contribution < -0.4 is 9.47 Å². The summed E-state index contributed by atoms with van der Waals surface area (Å²) in [5.41, 5.74) is 0.864. The van der Waals surface area contributed by atoms with Crippen molar-refractivity contribution in [1.82, 2.24) is 4.90 Å². The third-order valence-electron chi connectivity index (χ3n) is 5.21. The Balaban J connectivity index is 1.96. The number of amides is 2. The number of hydrogen-bond acceptors (Lipinski definition) is 8. The molecule has 0 atom stereocenters. The van der Waals surface area contributed by atoms with Crippen LogP contribution in [0.1, 0.15) is 40.5 Å². The Morgan fingerprint density at radius 1 is 0.727 bits per heavy atom. The number of aliphatic hydroxyl groups is 2. The van der Waals surface area contributed by atoms with E-state index in [2.05, 4.69) is 0 Å². The van der Waals surface area contributed by atoms with Crippen LogP contribution in [0.5, 0.6) is 11.5 Å². The topological polar surface area (TPSA) is 115 Å². The minimum absolute atomic E-state index is 0.0733. The highest BCUT2D eigenvalue weighted by Gasteiger charge is 2.34. The van der Waals surface area contributed by atoms with Gasteiger partial charge in [0.2, 0.25) is 0 Å². The Labute approximate surface area is 192 Å². The maximum Gasteiger partial charge on any atom is 0.261 e. The molecule has 2 aromatic rings. The van der Waals surface area contributed by atoms with E-state index in [1.54, 1.807) is 24.3 Å². The van der Waals surface area contributed by atoms with Crippen LogP contribution in [0.25, 0.3) is 10.8 Å². The number of aliphatic hydroxyl groups excluding tert-OH is 2. The number of ether oxygens (including phenoxy) is 4. The van der Waals surface area contributed by atoms with Crippen molar-refractivity contribution in [3.63, 3.8) is 0 Å². The quantitative estimate of drug-likeness (QED) is 0.306. The van der Waals surface area contributed by atoms with E-state index in [4.69, 9.17) is 29.2 Å². The maximum absolute atomic E-state index is 13.1. The molecular weight excluding hydrogens is 430 g/mol. The van der Waals surface area contributed by atoms with E-state index < -0.39 is 0 Å². The number of carbonyl (C=O) groups excluding carboxylic acids is 2. The third kappa shape index (κ3) is 5.80. The Kier molecular flexibility index (Phi) is 9.44. The maximum atomic E-state index is 13.1. The molecule has 0 bridgehead atoms. The highest BCUT2D eigenvalue weighted by Crippen LogP contribution is 2.41. The van der Waals surface area contributed by atoms with Crippen molar-refractivity contribution in [1.29, 1.82) is 0 Å². The fraction of sp³-hybridized carbons (Fsp3) is 0.500. The van der Waals surface area contributed by atoms with E-state index in [9.17, 15) is 9.59 Å². The lowest BCUT2D eigenvalue weighted by molar-refractivity contribution is 0.0608. The molecule has 0 aromatic heterocycles. The molecule has 1 aliphatic rings. The molecule has 2 N–H and O–H groups in total. The molecule has 1 heterocycles. The first-order valence-corrected chi connectivity index (χ1v) is 11.2. The number of hydrogen-bond donors (Lipinski definition) is 2. The van der Waals surface area contributed by atoms with E-state index in [0.717, 1.165) is 12.8 Å². The number of nitrogens with zero attached hydrogens (tertiary/aromatic N) is 1. The molecular formula is C24H31NO8. The molecule has 0 unspecified atom stereocenters. The van der Waals surface area contributed by atoms with Crippen LogP contribution in [-0.4, -0.2) is 86.3 Å². The first-order valence-electron chi connectivity index (χ1n) is 11.2. The van der Waals surface area contributed by atoms with Gasteiger partial charge < -0.3 is 29.2 Å². The Hall–Kier alpha value is -2.72. The molecule has 0 radical (unpaired) electrons.